The molecule has 0 spiro atoms. The van der Waals surface area contributed by atoms with E-state index in [0.29, 0.717) is 0 Å². The summed E-state index contributed by atoms with van der Waals surface area (Å²) in [5.41, 5.74) is 4.43. The fourth-order valence-electron chi connectivity index (χ4n) is 2.99. The summed E-state index contributed by atoms with van der Waals surface area (Å²) in [7, 11) is 1.90. The van der Waals surface area contributed by atoms with Gasteiger partial charge in [-0.1, -0.05) is 17.7 Å². The Morgan fingerprint density at radius 3 is 2.91 bits per heavy atom. The SMILES string of the molecule is CNc1ccc2c(N3CCc4ccc(Cl)cc43)ncnc2c1. The van der Waals surface area contributed by atoms with Gasteiger partial charge in [0.15, 0.2) is 0 Å². The second-order valence-electron chi connectivity index (χ2n) is 5.35. The van der Waals surface area contributed by atoms with E-state index in [4.69, 9.17) is 11.6 Å². The molecule has 3 aromatic rings. The molecule has 0 atom stereocenters. The third-order valence-electron chi connectivity index (χ3n) is 4.10. The Labute approximate surface area is 133 Å². The zero-order chi connectivity index (χ0) is 15.1. The fraction of sp³-hybridized carbons (Fsp3) is 0.176. The van der Waals surface area contributed by atoms with Gasteiger partial charge in [-0.15, -0.1) is 0 Å². The number of rotatable bonds is 2. The van der Waals surface area contributed by atoms with E-state index in [0.717, 1.165) is 46.1 Å². The Bertz CT molecular complexity index is 862. The quantitative estimate of drug-likeness (QED) is 0.776. The van der Waals surface area contributed by atoms with Gasteiger partial charge in [0.25, 0.3) is 0 Å². The summed E-state index contributed by atoms with van der Waals surface area (Å²) in [6.07, 6.45) is 2.63. The number of nitrogens with zero attached hydrogens (tertiary/aromatic N) is 3. The highest BCUT2D eigenvalue weighted by Crippen LogP contribution is 2.38. The Kier molecular flexibility index (Phi) is 3.12. The van der Waals surface area contributed by atoms with Gasteiger partial charge < -0.3 is 10.2 Å². The Hall–Kier alpha value is -2.33. The van der Waals surface area contributed by atoms with Crippen molar-refractivity contribution in [2.24, 2.45) is 0 Å². The van der Waals surface area contributed by atoms with Crippen LogP contribution in [0.3, 0.4) is 0 Å². The third-order valence-corrected chi connectivity index (χ3v) is 4.34. The molecule has 1 aliphatic heterocycles. The molecule has 0 amide bonds. The maximum Gasteiger partial charge on any atom is 0.144 e. The molecule has 1 aliphatic rings. The van der Waals surface area contributed by atoms with Crippen molar-refractivity contribution in [3.63, 3.8) is 0 Å². The van der Waals surface area contributed by atoms with E-state index in [-0.39, 0.29) is 0 Å². The lowest BCUT2D eigenvalue weighted by Crippen LogP contribution is -2.15. The predicted molar refractivity (Wildman–Crippen MR) is 91.2 cm³/mol. The Balaban J connectivity index is 1.88. The molecule has 1 aromatic heterocycles. The second kappa shape index (κ2) is 5.14. The van der Waals surface area contributed by atoms with Crippen molar-refractivity contribution in [2.75, 3.05) is 23.8 Å². The molecule has 110 valence electrons. The van der Waals surface area contributed by atoms with Gasteiger partial charge in [-0.3, -0.25) is 0 Å². The summed E-state index contributed by atoms with van der Waals surface area (Å²) in [5, 5.41) is 4.94. The lowest BCUT2D eigenvalue weighted by atomic mass is 10.1. The van der Waals surface area contributed by atoms with E-state index >= 15 is 0 Å². The largest absolute Gasteiger partial charge is 0.388 e. The number of hydrogen-bond acceptors (Lipinski definition) is 4. The summed E-state index contributed by atoms with van der Waals surface area (Å²) in [6.45, 7) is 0.912. The van der Waals surface area contributed by atoms with Crippen molar-refractivity contribution < 1.29 is 0 Å². The standard InChI is InChI=1S/C17H15ClN4/c1-19-13-4-5-14-15(9-13)20-10-21-17(14)22-7-6-11-2-3-12(18)8-16(11)22/h2-5,8-10,19H,6-7H2,1H3. The van der Waals surface area contributed by atoms with Crippen LogP contribution in [0, 0.1) is 0 Å². The van der Waals surface area contributed by atoms with Crippen LogP contribution in [0.4, 0.5) is 17.2 Å². The minimum atomic E-state index is 0.751. The van der Waals surface area contributed by atoms with E-state index in [1.165, 1.54) is 5.56 Å². The van der Waals surface area contributed by atoms with E-state index in [2.05, 4.69) is 32.3 Å². The van der Waals surface area contributed by atoms with E-state index in [9.17, 15) is 0 Å². The summed E-state index contributed by atoms with van der Waals surface area (Å²) in [4.78, 5) is 11.1. The molecule has 0 unspecified atom stereocenters. The number of fused-ring (bicyclic) bond motifs is 2. The van der Waals surface area contributed by atoms with Gasteiger partial charge in [0.2, 0.25) is 0 Å². The lowest BCUT2D eigenvalue weighted by Gasteiger charge is -2.20. The molecule has 2 aromatic carbocycles. The van der Waals surface area contributed by atoms with Gasteiger partial charge >= 0.3 is 0 Å². The number of hydrogen-bond donors (Lipinski definition) is 1. The molecule has 1 N–H and O–H groups in total. The average Bonchev–Trinajstić information content (AvgIpc) is 2.96. The number of anilines is 3. The van der Waals surface area contributed by atoms with Crippen LogP contribution in [-0.2, 0) is 6.42 Å². The van der Waals surface area contributed by atoms with Gasteiger partial charge in [0.1, 0.15) is 12.1 Å². The van der Waals surface area contributed by atoms with E-state index in [1.807, 2.05) is 31.3 Å². The van der Waals surface area contributed by atoms with Crippen LogP contribution in [0.25, 0.3) is 10.9 Å². The van der Waals surface area contributed by atoms with Crippen molar-refractivity contribution in [1.29, 1.82) is 0 Å². The van der Waals surface area contributed by atoms with Crippen LogP contribution in [0.5, 0.6) is 0 Å². The zero-order valence-electron chi connectivity index (χ0n) is 12.2. The molecule has 4 nitrogen and oxygen atoms in total. The molecular formula is C17H15ClN4. The van der Waals surface area contributed by atoms with Crippen molar-refractivity contribution in [2.45, 2.75) is 6.42 Å². The van der Waals surface area contributed by atoms with Crippen molar-refractivity contribution in [1.82, 2.24) is 9.97 Å². The molecule has 2 heterocycles. The van der Waals surface area contributed by atoms with E-state index < -0.39 is 0 Å². The van der Waals surface area contributed by atoms with Crippen LogP contribution in [-0.4, -0.2) is 23.6 Å². The third kappa shape index (κ3) is 2.07. The highest BCUT2D eigenvalue weighted by Gasteiger charge is 2.23. The number of nitrogens with one attached hydrogen (secondary N) is 1. The fourth-order valence-corrected chi connectivity index (χ4v) is 3.15. The molecule has 0 fully saturated rings. The number of benzene rings is 2. The minimum Gasteiger partial charge on any atom is -0.388 e. The first-order valence-corrected chi connectivity index (χ1v) is 7.62. The first kappa shape index (κ1) is 13.3. The van der Waals surface area contributed by atoms with Gasteiger partial charge in [-0.25, -0.2) is 9.97 Å². The topological polar surface area (TPSA) is 41.0 Å². The summed E-state index contributed by atoms with van der Waals surface area (Å²) < 4.78 is 0. The van der Waals surface area contributed by atoms with Crippen molar-refractivity contribution >= 4 is 39.7 Å². The van der Waals surface area contributed by atoms with Crippen LogP contribution < -0.4 is 10.2 Å². The maximum absolute atomic E-state index is 6.17. The highest BCUT2D eigenvalue weighted by atomic mass is 35.5. The maximum atomic E-state index is 6.17. The monoisotopic (exact) mass is 310 g/mol. The normalized spacial score (nSPS) is 13.5. The average molecular weight is 311 g/mol. The van der Waals surface area contributed by atoms with Gasteiger partial charge in [-0.05, 0) is 42.3 Å². The minimum absolute atomic E-state index is 0.751. The number of halogens is 1. The number of aromatic nitrogens is 2. The van der Waals surface area contributed by atoms with Crippen LogP contribution in [0.15, 0.2) is 42.7 Å². The molecule has 0 saturated carbocycles. The summed E-state index contributed by atoms with van der Waals surface area (Å²) >= 11 is 6.17. The van der Waals surface area contributed by atoms with Crippen LogP contribution in [0.2, 0.25) is 5.02 Å². The van der Waals surface area contributed by atoms with Crippen LogP contribution >= 0.6 is 11.6 Å². The van der Waals surface area contributed by atoms with Crippen molar-refractivity contribution in [3.05, 3.63) is 53.3 Å². The highest BCUT2D eigenvalue weighted by molar-refractivity contribution is 6.31. The van der Waals surface area contributed by atoms with Gasteiger partial charge in [-0.2, -0.15) is 0 Å². The first-order valence-electron chi connectivity index (χ1n) is 7.25. The molecule has 0 aliphatic carbocycles. The first-order chi connectivity index (χ1) is 10.8. The summed E-state index contributed by atoms with van der Waals surface area (Å²) in [6, 6.07) is 12.2. The molecule has 22 heavy (non-hydrogen) atoms. The predicted octanol–water partition coefficient (Wildman–Crippen LogP) is 4.02. The van der Waals surface area contributed by atoms with Crippen molar-refractivity contribution in [3.8, 4) is 0 Å². The Morgan fingerprint density at radius 1 is 1.14 bits per heavy atom. The second-order valence-corrected chi connectivity index (χ2v) is 5.79. The molecule has 0 radical (unpaired) electrons. The molecule has 0 bridgehead atoms. The van der Waals surface area contributed by atoms with Crippen LogP contribution in [0.1, 0.15) is 5.56 Å². The molecule has 0 saturated heterocycles. The smallest absolute Gasteiger partial charge is 0.144 e. The van der Waals surface area contributed by atoms with Gasteiger partial charge in [0, 0.05) is 35.4 Å². The van der Waals surface area contributed by atoms with Gasteiger partial charge in [0.05, 0.1) is 5.52 Å². The Morgan fingerprint density at radius 2 is 2.05 bits per heavy atom. The molecular weight excluding hydrogens is 296 g/mol. The lowest BCUT2D eigenvalue weighted by molar-refractivity contribution is 0.975. The summed E-state index contributed by atoms with van der Waals surface area (Å²) in [5.74, 6) is 0.939. The van der Waals surface area contributed by atoms with E-state index in [1.54, 1.807) is 6.33 Å². The molecule has 5 heteroatoms. The zero-order valence-corrected chi connectivity index (χ0v) is 12.9. The molecule has 4 rings (SSSR count).